The molecule has 38 heavy (non-hydrogen) atoms. The second-order valence-electron chi connectivity index (χ2n) is 9.11. The van der Waals surface area contributed by atoms with Crippen molar-refractivity contribution in [3.05, 3.63) is 63.3 Å². The molecule has 3 heterocycles. The third-order valence-electron chi connectivity index (χ3n) is 6.60. The predicted octanol–water partition coefficient (Wildman–Crippen LogP) is 3.44. The van der Waals surface area contributed by atoms with E-state index >= 15 is 0 Å². The molecule has 0 bridgehead atoms. The van der Waals surface area contributed by atoms with Crippen molar-refractivity contribution in [3.8, 4) is 0 Å². The quantitative estimate of drug-likeness (QED) is 0.475. The summed E-state index contributed by atoms with van der Waals surface area (Å²) in [7, 11) is -3.65. The van der Waals surface area contributed by atoms with E-state index in [-0.39, 0.29) is 22.3 Å². The fraction of sp³-hybridized carbons (Fsp3) is 0.385. The molecule has 0 spiro atoms. The van der Waals surface area contributed by atoms with E-state index in [1.807, 2.05) is 0 Å². The summed E-state index contributed by atoms with van der Waals surface area (Å²) >= 11 is 1.27. The average molecular weight is 558 g/mol. The van der Waals surface area contributed by atoms with Gasteiger partial charge in [-0.25, -0.2) is 13.1 Å². The van der Waals surface area contributed by atoms with Crippen molar-refractivity contribution >= 4 is 44.1 Å². The second-order valence-corrected chi connectivity index (χ2v) is 12.2. The van der Waals surface area contributed by atoms with Crippen molar-refractivity contribution in [2.24, 2.45) is 0 Å². The maximum atomic E-state index is 13.6. The van der Waals surface area contributed by atoms with E-state index in [0.717, 1.165) is 10.4 Å². The number of carbonyl (C=O) groups excluding carboxylic acids is 3. The maximum Gasteiger partial charge on any atom is 0.281 e. The lowest BCUT2D eigenvalue weighted by Crippen LogP contribution is -2.34. The van der Waals surface area contributed by atoms with Crippen molar-refractivity contribution in [1.82, 2.24) is 19.0 Å². The van der Waals surface area contributed by atoms with E-state index in [9.17, 15) is 22.8 Å². The van der Waals surface area contributed by atoms with Crippen LogP contribution in [0.25, 0.3) is 0 Å². The highest BCUT2D eigenvalue weighted by molar-refractivity contribution is 7.89. The number of anilines is 1. The Kier molecular flexibility index (Phi) is 7.86. The highest BCUT2D eigenvalue weighted by atomic mass is 32.2. The summed E-state index contributed by atoms with van der Waals surface area (Å²) < 4.78 is 28.3. The van der Waals surface area contributed by atoms with Crippen LogP contribution < -0.4 is 5.32 Å². The number of hydrogen-bond acceptors (Lipinski definition) is 7. The third kappa shape index (κ3) is 5.16. The van der Waals surface area contributed by atoms with E-state index in [2.05, 4.69) is 10.4 Å². The van der Waals surface area contributed by atoms with Gasteiger partial charge in [-0.3, -0.25) is 14.4 Å². The zero-order valence-corrected chi connectivity index (χ0v) is 23.7. The van der Waals surface area contributed by atoms with E-state index in [1.54, 1.807) is 38.7 Å². The first kappa shape index (κ1) is 27.7. The molecule has 202 valence electrons. The molecular weight excluding hydrogens is 526 g/mol. The minimum Gasteiger partial charge on any atom is -0.337 e. The number of nitrogens with one attached hydrogen (secondary N) is 1. The molecule has 0 unspecified atom stereocenters. The molecule has 0 aliphatic carbocycles. The number of aryl methyl sites for hydroxylation is 2. The number of rotatable bonds is 7. The number of aromatic nitrogens is 2. The number of carbonyl (C=O) groups is 3. The molecule has 0 fully saturated rings. The van der Waals surface area contributed by atoms with Crippen molar-refractivity contribution in [1.29, 1.82) is 0 Å². The van der Waals surface area contributed by atoms with Gasteiger partial charge < -0.3 is 10.2 Å². The molecular formula is C26H31N5O5S2. The fourth-order valence-corrected chi connectivity index (χ4v) is 7.30. The van der Waals surface area contributed by atoms with Gasteiger partial charge in [0.15, 0.2) is 0 Å². The number of thiophene rings is 1. The lowest BCUT2D eigenvalue weighted by Gasteiger charge is -2.26. The van der Waals surface area contributed by atoms with Gasteiger partial charge in [-0.05, 0) is 56.2 Å². The Hall–Kier alpha value is -3.35. The monoisotopic (exact) mass is 557 g/mol. The molecule has 0 radical (unpaired) electrons. The zero-order valence-electron chi connectivity index (χ0n) is 22.1. The molecule has 1 aliphatic rings. The SMILES string of the molecule is CCN(CC)S(=O)(=O)c1ccc(C(=O)Nc2sc3c(c2C(=O)n2nc(C)cc2C)CCN(C(C)=O)C3)cc1. The van der Waals surface area contributed by atoms with E-state index < -0.39 is 15.9 Å². The number of hydrogen-bond donors (Lipinski definition) is 1. The lowest BCUT2D eigenvalue weighted by molar-refractivity contribution is -0.129. The number of benzene rings is 1. The van der Waals surface area contributed by atoms with Crippen LogP contribution in [-0.4, -0.2) is 64.8 Å². The van der Waals surface area contributed by atoms with Crippen LogP contribution in [0, 0.1) is 13.8 Å². The van der Waals surface area contributed by atoms with Crippen LogP contribution in [-0.2, 0) is 27.8 Å². The van der Waals surface area contributed by atoms with Crippen molar-refractivity contribution in [3.63, 3.8) is 0 Å². The molecule has 0 saturated carbocycles. The van der Waals surface area contributed by atoms with Gasteiger partial charge in [-0.2, -0.15) is 9.40 Å². The summed E-state index contributed by atoms with van der Waals surface area (Å²) in [6, 6.07) is 7.54. The van der Waals surface area contributed by atoms with Crippen LogP contribution in [0.3, 0.4) is 0 Å². The summed E-state index contributed by atoms with van der Waals surface area (Å²) in [5, 5.41) is 7.57. The van der Waals surface area contributed by atoms with E-state index in [0.29, 0.717) is 54.6 Å². The highest BCUT2D eigenvalue weighted by Gasteiger charge is 2.31. The van der Waals surface area contributed by atoms with Crippen LogP contribution in [0.4, 0.5) is 5.00 Å². The summed E-state index contributed by atoms with van der Waals surface area (Å²) in [5.41, 5.74) is 2.81. The van der Waals surface area contributed by atoms with E-state index in [1.165, 1.54) is 51.5 Å². The van der Waals surface area contributed by atoms with Gasteiger partial charge in [-0.15, -0.1) is 11.3 Å². The largest absolute Gasteiger partial charge is 0.337 e. The summed E-state index contributed by atoms with van der Waals surface area (Å²) in [5.74, 6) is -0.873. The average Bonchev–Trinajstić information content (AvgIpc) is 3.41. The van der Waals surface area contributed by atoms with Gasteiger partial charge in [0.25, 0.3) is 11.8 Å². The normalized spacial score (nSPS) is 13.5. The molecule has 12 heteroatoms. The zero-order chi connectivity index (χ0) is 27.8. The van der Waals surface area contributed by atoms with Crippen LogP contribution >= 0.6 is 11.3 Å². The molecule has 1 aliphatic heterocycles. The Balaban J connectivity index is 1.68. The summed E-state index contributed by atoms with van der Waals surface area (Å²) in [6.45, 7) is 10.2. The van der Waals surface area contributed by atoms with Crippen LogP contribution in [0.2, 0.25) is 0 Å². The van der Waals surface area contributed by atoms with Gasteiger partial charge in [0.1, 0.15) is 5.00 Å². The van der Waals surface area contributed by atoms with E-state index in [4.69, 9.17) is 0 Å². The molecule has 2 amide bonds. The van der Waals surface area contributed by atoms with Gasteiger partial charge in [-0.1, -0.05) is 13.8 Å². The topological polar surface area (TPSA) is 122 Å². The highest BCUT2D eigenvalue weighted by Crippen LogP contribution is 2.38. The van der Waals surface area contributed by atoms with Gasteiger partial charge >= 0.3 is 0 Å². The Morgan fingerprint density at radius 1 is 1.11 bits per heavy atom. The number of amides is 2. The van der Waals surface area contributed by atoms with Crippen molar-refractivity contribution in [2.45, 2.75) is 52.5 Å². The predicted molar refractivity (Wildman–Crippen MR) is 145 cm³/mol. The standard InChI is InChI=1S/C26H31N5O5S2/c1-6-30(7-2)38(35,36)20-10-8-19(9-11-20)24(33)27-25-23(26(34)31-17(4)14-16(3)28-31)21-12-13-29(18(5)32)15-22(21)37-25/h8-11,14H,6-7,12-13,15H2,1-5H3,(H,27,33). The maximum absolute atomic E-state index is 13.6. The van der Waals surface area contributed by atoms with Gasteiger partial charge in [0.2, 0.25) is 15.9 Å². The van der Waals surface area contributed by atoms with Crippen LogP contribution in [0.1, 0.15) is 63.3 Å². The number of nitrogens with zero attached hydrogens (tertiary/aromatic N) is 4. The Morgan fingerprint density at radius 3 is 2.32 bits per heavy atom. The molecule has 0 atom stereocenters. The Morgan fingerprint density at radius 2 is 1.76 bits per heavy atom. The third-order valence-corrected chi connectivity index (χ3v) is 9.80. The minimum absolute atomic E-state index is 0.0548. The lowest BCUT2D eigenvalue weighted by atomic mass is 10.0. The first-order valence-corrected chi connectivity index (χ1v) is 14.6. The first-order chi connectivity index (χ1) is 18.0. The Labute approximate surface area is 226 Å². The summed E-state index contributed by atoms with van der Waals surface area (Å²) in [6.07, 6.45) is 0.486. The molecule has 1 N–H and O–H groups in total. The molecule has 10 nitrogen and oxygen atoms in total. The summed E-state index contributed by atoms with van der Waals surface area (Å²) in [4.78, 5) is 41.5. The minimum atomic E-state index is -3.65. The molecule has 3 aromatic rings. The van der Waals surface area contributed by atoms with Gasteiger partial charge in [0.05, 0.1) is 22.7 Å². The molecule has 0 saturated heterocycles. The Bertz CT molecular complexity index is 1500. The number of sulfonamides is 1. The van der Waals surface area contributed by atoms with Crippen LogP contribution in [0.15, 0.2) is 35.2 Å². The smallest absolute Gasteiger partial charge is 0.281 e. The molecule has 2 aromatic heterocycles. The van der Waals surface area contributed by atoms with Crippen LogP contribution in [0.5, 0.6) is 0 Å². The fourth-order valence-electron chi connectivity index (χ4n) is 4.59. The number of fused-ring (bicyclic) bond motifs is 1. The van der Waals surface area contributed by atoms with Gasteiger partial charge in [0, 0.05) is 42.7 Å². The first-order valence-electron chi connectivity index (χ1n) is 12.4. The molecule has 4 rings (SSSR count). The molecule has 1 aromatic carbocycles. The second kappa shape index (κ2) is 10.8. The van der Waals surface area contributed by atoms with Crippen molar-refractivity contribution < 1.29 is 22.8 Å². The van der Waals surface area contributed by atoms with Crippen molar-refractivity contribution in [2.75, 3.05) is 25.0 Å².